The molecular weight excluding hydrogens is 274 g/mol. The Hall–Kier alpha value is -1.30. The Kier molecular flexibility index (Phi) is 6.26. The van der Waals surface area contributed by atoms with Gasteiger partial charge in [-0.1, -0.05) is 13.8 Å². The summed E-state index contributed by atoms with van der Waals surface area (Å²) in [7, 11) is 0. The van der Waals surface area contributed by atoms with Gasteiger partial charge in [0.05, 0.1) is 13.0 Å². The molecule has 0 heterocycles. The van der Waals surface area contributed by atoms with E-state index >= 15 is 0 Å². The fourth-order valence-electron chi connectivity index (χ4n) is 1.60. The molecule has 0 saturated heterocycles. The zero-order valence-electron chi connectivity index (χ0n) is 11.6. The van der Waals surface area contributed by atoms with Crippen LogP contribution in [0.25, 0.3) is 0 Å². The van der Waals surface area contributed by atoms with Crippen molar-refractivity contribution in [3.8, 4) is 5.75 Å². The Morgan fingerprint density at radius 1 is 1.20 bits per heavy atom. The molecule has 114 valence electrons. The fourth-order valence-corrected chi connectivity index (χ4v) is 1.60. The van der Waals surface area contributed by atoms with Gasteiger partial charge in [-0.25, -0.2) is 4.39 Å². The van der Waals surface area contributed by atoms with E-state index in [4.69, 9.17) is 4.74 Å². The molecule has 20 heavy (non-hydrogen) atoms. The minimum absolute atomic E-state index is 0.121. The molecule has 6 heteroatoms. The lowest BCUT2D eigenvalue weighted by atomic mass is 10.2. The third-order valence-corrected chi connectivity index (χ3v) is 2.47. The summed E-state index contributed by atoms with van der Waals surface area (Å²) in [6, 6.07) is 3.97. The highest BCUT2D eigenvalue weighted by atomic mass is 19.4. The number of nitrogens with one attached hydrogen (secondary N) is 1. The molecule has 0 aliphatic heterocycles. The molecule has 0 saturated carbocycles. The SMILES string of the molecule is CC(C)CNCc1cc(F)cc(OCCC(F)(F)F)c1. The molecule has 0 aliphatic carbocycles. The highest BCUT2D eigenvalue weighted by Gasteiger charge is 2.26. The smallest absolute Gasteiger partial charge is 0.392 e. The van der Waals surface area contributed by atoms with Crippen molar-refractivity contribution >= 4 is 0 Å². The highest BCUT2D eigenvalue weighted by Crippen LogP contribution is 2.21. The number of ether oxygens (including phenoxy) is 1. The van der Waals surface area contributed by atoms with E-state index in [2.05, 4.69) is 5.32 Å². The van der Waals surface area contributed by atoms with Crippen LogP contribution in [0.3, 0.4) is 0 Å². The zero-order valence-corrected chi connectivity index (χ0v) is 11.6. The van der Waals surface area contributed by atoms with Gasteiger partial charge >= 0.3 is 6.18 Å². The fraction of sp³-hybridized carbons (Fsp3) is 0.571. The van der Waals surface area contributed by atoms with Gasteiger partial charge in [-0.3, -0.25) is 0 Å². The van der Waals surface area contributed by atoms with E-state index in [0.717, 1.165) is 12.6 Å². The van der Waals surface area contributed by atoms with E-state index in [1.54, 1.807) is 6.07 Å². The third-order valence-electron chi connectivity index (χ3n) is 2.47. The van der Waals surface area contributed by atoms with Gasteiger partial charge in [0.15, 0.2) is 0 Å². The molecule has 0 spiro atoms. The van der Waals surface area contributed by atoms with Crippen LogP contribution in [0, 0.1) is 11.7 Å². The van der Waals surface area contributed by atoms with Crippen molar-refractivity contribution in [3.63, 3.8) is 0 Å². The van der Waals surface area contributed by atoms with Crippen molar-refractivity contribution in [1.82, 2.24) is 5.32 Å². The first-order chi connectivity index (χ1) is 9.26. The molecule has 1 N–H and O–H groups in total. The Bertz CT molecular complexity index is 418. The molecule has 0 atom stereocenters. The monoisotopic (exact) mass is 293 g/mol. The lowest BCUT2D eigenvalue weighted by molar-refractivity contribution is -0.139. The van der Waals surface area contributed by atoms with Gasteiger partial charge in [-0.05, 0) is 30.2 Å². The Morgan fingerprint density at radius 2 is 1.90 bits per heavy atom. The quantitative estimate of drug-likeness (QED) is 0.770. The second kappa shape index (κ2) is 7.47. The molecule has 0 radical (unpaired) electrons. The second-order valence-electron chi connectivity index (χ2n) is 5.03. The van der Waals surface area contributed by atoms with E-state index in [1.165, 1.54) is 6.07 Å². The summed E-state index contributed by atoms with van der Waals surface area (Å²) in [6.45, 7) is 4.81. The van der Waals surface area contributed by atoms with Crippen LogP contribution in [0.15, 0.2) is 18.2 Å². The number of rotatable bonds is 7. The number of halogens is 4. The highest BCUT2D eigenvalue weighted by molar-refractivity contribution is 5.29. The maximum Gasteiger partial charge on any atom is 0.392 e. The van der Waals surface area contributed by atoms with E-state index < -0.39 is 25.0 Å². The predicted molar refractivity (Wildman–Crippen MR) is 69.1 cm³/mol. The van der Waals surface area contributed by atoms with Crippen LogP contribution in [0.4, 0.5) is 17.6 Å². The van der Waals surface area contributed by atoms with Crippen molar-refractivity contribution in [2.45, 2.75) is 33.0 Å². The first-order valence-corrected chi connectivity index (χ1v) is 6.46. The summed E-state index contributed by atoms with van der Waals surface area (Å²) in [5, 5.41) is 3.13. The Balaban J connectivity index is 2.53. The van der Waals surface area contributed by atoms with Gasteiger partial charge in [0, 0.05) is 12.6 Å². The van der Waals surface area contributed by atoms with Gasteiger partial charge in [-0.2, -0.15) is 13.2 Å². The predicted octanol–water partition coefficient (Wildman–Crippen LogP) is 3.90. The van der Waals surface area contributed by atoms with E-state index in [-0.39, 0.29) is 5.75 Å². The Morgan fingerprint density at radius 3 is 2.50 bits per heavy atom. The molecule has 0 aromatic heterocycles. The molecule has 1 rings (SSSR count). The average Bonchev–Trinajstić information content (AvgIpc) is 2.25. The second-order valence-corrected chi connectivity index (χ2v) is 5.03. The molecule has 2 nitrogen and oxygen atoms in total. The van der Waals surface area contributed by atoms with E-state index in [9.17, 15) is 17.6 Å². The van der Waals surface area contributed by atoms with Gasteiger partial charge in [0.2, 0.25) is 0 Å². The van der Waals surface area contributed by atoms with Crippen LogP contribution < -0.4 is 10.1 Å². The lowest BCUT2D eigenvalue weighted by Gasteiger charge is -2.11. The number of hydrogen-bond acceptors (Lipinski definition) is 2. The molecule has 0 bridgehead atoms. The largest absolute Gasteiger partial charge is 0.493 e. The van der Waals surface area contributed by atoms with Gasteiger partial charge < -0.3 is 10.1 Å². The van der Waals surface area contributed by atoms with Crippen molar-refractivity contribution < 1.29 is 22.3 Å². The minimum Gasteiger partial charge on any atom is -0.493 e. The van der Waals surface area contributed by atoms with E-state index in [0.29, 0.717) is 18.0 Å². The molecule has 0 aliphatic rings. The summed E-state index contributed by atoms with van der Waals surface area (Å²) in [5.41, 5.74) is 0.646. The Labute approximate surface area is 116 Å². The summed E-state index contributed by atoms with van der Waals surface area (Å²) < 4.78 is 54.3. The first kappa shape index (κ1) is 16.8. The van der Waals surface area contributed by atoms with Crippen molar-refractivity contribution in [2.75, 3.05) is 13.2 Å². The normalized spacial score (nSPS) is 11.9. The molecule has 0 unspecified atom stereocenters. The topological polar surface area (TPSA) is 21.3 Å². The lowest BCUT2D eigenvalue weighted by Crippen LogP contribution is -2.19. The van der Waals surface area contributed by atoms with Crippen LogP contribution in [0.5, 0.6) is 5.75 Å². The molecule has 1 aromatic rings. The van der Waals surface area contributed by atoms with Crippen LogP contribution in [-0.2, 0) is 6.54 Å². The summed E-state index contributed by atoms with van der Waals surface area (Å²) in [6.07, 6.45) is -5.32. The summed E-state index contributed by atoms with van der Waals surface area (Å²) >= 11 is 0. The van der Waals surface area contributed by atoms with Crippen molar-refractivity contribution in [3.05, 3.63) is 29.6 Å². The standard InChI is InChI=1S/C14H19F4NO/c1-10(2)8-19-9-11-5-12(15)7-13(6-11)20-4-3-14(16,17)18/h5-7,10,19H,3-4,8-9H2,1-2H3. The van der Waals surface area contributed by atoms with Crippen LogP contribution in [0.2, 0.25) is 0 Å². The third kappa shape index (κ3) is 7.33. The number of benzene rings is 1. The maximum absolute atomic E-state index is 13.3. The maximum atomic E-state index is 13.3. The summed E-state index contributed by atoms with van der Waals surface area (Å²) in [4.78, 5) is 0. The average molecular weight is 293 g/mol. The van der Waals surface area contributed by atoms with Crippen LogP contribution >= 0.6 is 0 Å². The minimum atomic E-state index is -4.27. The van der Waals surface area contributed by atoms with Gasteiger partial charge in [0.1, 0.15) is 11.6 Å². The zero-order chi connectivity index (χ0) is 15.2. The van der Waals surface area contributed by atoms with Crippen LogP contribution in [0.1, 0.15) is 25.8 Å². The number of hydrogen-bond donors (Lipinski definition) is 1. The van der Waals surface area contributed by atoms with Crippen LogP contribution in [-0.4, -0.2) is 19.3 Å². The van der Waals surface area contributed by atoms with Crippen molar-refractivity contribution in [2.24, 2.45) is 5.92 Å². The molecule has 0 fully saturated rings. The molecular formula is C14H19F4NO. The first-order valence-electron chi connectivity index (χ1n) is 6.46. The van der Waals surface area contributed by atoms with E-state index in [1.807, 2.05) is 13.8 Å². The van der Waals surface area contributed by atoms with Crippen molar-refractivity contribution in [1.29, 1.82) is 0 Å². The van der Waals surface area contributed by atoms with Gasteiger partial charge in [0.25, 0.3) is 0 Å². The summed E-state index contributed by atoms with van der Waals surface area (Å²) in [5.74, 6) is 0.0671. The van der Waals surface area contributed by atoms with Gasteiger partial charge in [-0.15, -0.1) is 0 Å². The molecule has 1 aromatic carbocycles. The molecule has 0 amide bonds. The number of alkyl halides is 3.